The predicted octanol–water partition coefficient (Wildman–Crippen LogP) is 5.08. The first-order valence-electron chi connectivity index (χ1n) is 7.91. The molecule has 1 saturated carbocycles. The molecule has 0 heterocycles. The summed E-state index contributed by atoms with van der Waals surface area (Å²) < 4.78 is 6.75. The monoisotopic (exact) mass is 339 g/mol. The maximum atomic E-state index is 5.58. The van der Waals surface area contributed by atoms with Gasteiger partial charge >= 0.3 is 0 Å². The molecule has 1 unspecified atom stereocenters. The Morgan fingerprint density at radius 2 is 2.05 bits per heavy atom. The van der Waals surface area contributed by atoms with Crippen LogP contribution in [0.3, 0.4) is 0 Å². The zero-order valence-electron chi connectivity index (χ0n) is 12.6. The first kappa shape index (κ1) is 15.8. The first-order chi connectivity index (χ1) is 9.76. The summed E-state index contributed by atoms with van der Waals surface area (Å²) in [5, 5.41) is 3.75. The van der Waals surface area contributed by atoms with Gasteiger partial charge in [0.25, 0.3) is 0 Å². The average molecular weight is 340 g/mol. The molecule has 1 aromatic carbocycles. The van der Waals surface area contributed by atoms with Crippen LogP contribution in [0.4, 0.5) is 0 Å². The lowest BCUT2D eigenvalue weighted by Crippen LogP contribution is -2.28. The Hall–Kier alpha value is -0.540. The third-order valence-corrected chi connectivity index (χ3v) is 4.79. The van der Waals surface area contributed by atoms with Crippen molar-refractivity contribution in [2.24, 2.45) is 5.92 Å². The van der Waals surface area contributed by atoms with Gasteiger partial charge in [-0.25, -0.2) is 0 Å². The molecule has 0 amide bonds. The van der Waals surface area contributed by atoms with E-state index in [9.17, 15) is 0 Å². The smallest absolute Gasteiger partial charge is 0.120 e. The minimum Gasteiger partial charge on any atom is -0.494 e. The number of ether oxygens (including phenoxy) is 1. The maximum absolute atomic E-state index is 5.58. The van der Waals surface area contributed by atoms with Crippen LogP contribution in [0.2, 0.25) is 0 Å². The lowest BCUT2D eigenvalue weighted by Gasteiger charge is -2.26. The van der Waals surface area contributed by atoms with Crippen molar-refractivity contribution < 1.29 is 4.74 Å². The summed E-state index contributed by atoms with van der Waals surface area (Å²) in [6, 6.07) is 6.90. The van der Waals surface area contributed by atoms with Gasteiger partial charge in [0.05, 0.1) is 6.61 Å². The van der Waals surface area contributed by atoms with Crippen molar-refractivity contribution in [3.63, 3.8) is 0 Å². The van der Waals surface area contributed by atoms with E-state index in [0.717, 1.165) is 18.2 Å². The van der Waals surface area contributed by atoms with Crippen LogP contribution in [0.25, 0.3) is 0 Å². The van der Waals surface area contributed by atoms with Crippen LogP contribution < -0.4 is 10.1 Å². The van der Waals surface area contributed by atoms with Gasteiger partial charge < -0.3 is 10.1 Å². The fraction of sp³-hybridized carbons (Fsp3) is 0.647. The van der Waals surface area contributed by atoms with E-state index in [1.807, 2.05) is 6.92 Å². The first-order valence-corrected chi connectivity index (χ1v) is 8.71. The second-order valence-electron chi connectivity index (χ2n) is 5.59. The third-order valence-electron chi connectivity index (χ3n) is 4.10. The quantitative estimate of drug-likeness (QED) is 0.747. The molecule has 2 rings (SSSR count). The summed E-state index contributed by atoms with van der Waals surface area (Å²) >= 11 is 3.74. The Kier molecular flexibility index (Phi) is 6.37. The molecule has 1 atom stereocenters. The van der Waals surface area contributed by atoms with Gasteiger partial charge in [-0.05, 0) is 56.3 Å². The molecule has 0 aromatic heterocycles. The Labute approximate surface area is 131 Å². The van der Waals surface area contributed by atoms with Gasteiger partial charge in [-0.1, -0.05) is 41.8 Å². The Balaban J connectivity index is 2.18. The molecule has 0 saturated heterocycles. The highest BCUT2D eigenvalue weighted by molar-refractivity contribution is 9.10. The molecule has 0 aliphatic heterocycles. The van der Waals surface area contributed by atoms with Crippen LogP contribution >= 0.6 is 15.9 Å². The molecule has 1 aliphatic rings. The standard InChI is InChI=1S/C17H26BrNO/c1-3-11-19-17(13-7-5-6-8-13)15-10-9-14(20-4-2)12-16(15)18/h9-10,12-13,17,19H,3-8,11H2,1-2H3. The minimum atomic E-state index is 0.475. The van der Waals surface area contributed by atoms with Gasteiger partial charge in [-0.2, -0.15) is 0 Å². The van der Waals surface area contributed by atoms with Crippen LogP contribution in [0.1, 0.15) is 57.6 Å². The van der Waals surface area contributed by atoms with E-state index < -0.39 is 0 Å². The van der Waals surface area contributed by atoms with Gasteiger partial charge in [0.15, 0.2) is 0 Å². The Bertz CT molecular complexity index is 415. The zero-order valence-corrected chi connectivity index (χ0v) is 14.2. The highest BCUT2D eigenvalue weighted by atomic mass is 79.9. The van der Waals surface area contributed by atoms with Crippen molar-refractivity contribution in [3.05, 3.63) is 28.2 Å². The molecule has 3 heteroatoms. The summed E-state index contributed by atoms with van der Waals surface area (Å²) in [7, 11) is 0. The highest BCUT2D eigenvalue weighted by Crippen LogP contribution is 2.39. The van der Waals surface area contributed by atoms with E-state index in [1.165, 1.54) is 42.1 Å². The summed E-state index contributed by atoms with van der Waals surface area (Å²) in [6.45, 7) is 6.05. The van der Waals surface area contributed by atoms with Crippen LogP contribution in [0.15, 0.2) is 22.7 Å². The molecule has 20 heavy (non-hydrogen) atoms. The van der Waals surface area contributed by atoms with Crippen LogP contribution in [0.5, 0.6) is 5.75 Å². The van der Waals surface area contributed by atoms with E-state index >= 15 is 0 Å². The Morgan fingerprint density at radius 1 is 1.30 bits per heavy atom. The fourth-order valence-corrected chi connectivity index (χ4v) is 3.74. The molecule has 0 spiro atoms. The van der Waals surface area contributed by atoms with E-state index in [2.05, 4.69) is 46.4 Å². The number of hydrogen-bond acceptors (Lipinski definition) is 2. The average Bonchev–Trinajstić information content (AvgIpc) is 2.95. The van der Waals surface area contributed by atoms with E-state index in [0.29, 0.717) is 12.6 Å². The molecule has 0 bridgehead atoms. The third kappa shape index (κ3) is 3.98. The maximum Gasteiger partial charge on any atom is 0.120 e. The van der Waals surface area contributed by atoms with Crippen molar-refractivity contribution in [2.75, 3.05) is 13.2 Å². The summed E-state index contributed by atoms with van der Waals surface area (Å²) in [5.74, 6) is 1.72. The number of benzene rings is 1. The summed E-state index contributed by atoms with van der Waals surface area (Å²) in [6.07, 6.45) is 6.63. The molecule has 2 nitrogen and oxygen atoms in total. The van der Waals surface area contributed by atoms with Gasteiger partial charge in [0, 0.05) is 10.5 Å². The normalized spacial score (nSPS) is 17.4. The Morgan fingerprint density at radius 3 is 2.65 bits per heavy atom. The van der Waals surface area contributed by atoms with Crippen molar-refractivity contribution in [1.82, 2.24) is 5.32 Å². The number of rotatable bonds is 7. The van der Waals surface area contributed by atoms with Gasteiger partial charge in [-0.3, -0.25) is 0 Å². The van der Waals surface area contributed by atoms with E-state index in [4.69, 9.17) is 4.74 Å². The lowest BCUT2D eigenvalue weighted by molar-refractivity contribution is 0.338. The van der Waals surface area contributed by atoms with Crippen molar-refractivity contribution >= 4 is 15.9 Å². The largest absolute Gasteiger partial charge is 0.494 e. The highest BCUT2D eigenvalue weighted by Gasteiger charge is 2.27. The lowest BCUT2D eigenvalue weighted by atomic mass is 9.91. The predicted molar refractivity (Wildman–Crippen MR) is 88.3 cm³/mol. The number of nitrogens with one attached hydrogen (secondary N) is 1. The van der Waals surface area contributed by atoms with E-state index in [1.54, 1.807) is 0 Å². The van der Waals surface area contributed by atoms with Crippen molar-refractivity contribution in [2.45, 2.75) is 52.0 Å². The van der Waals surface area contributed by atoms with Crippen molar-refractivity contribution in [1.29, 1.82) is 0 Å². The summed E-state index contributed by atoms with van der Waals surface area (Å²) in [5.41, 5.74) is 1.38. The second-order valence-corrected chi connectivity index (χ2v) is 6.45. The SMILES string of the molecule is CCCNC(c1ccc(OCC)cc1Br)C1CCCC1. The van der Waals surface area contributed by atoms with Crippen LogP contribution in [0, 0.1) is 5.92 Å². The molecular weight excluding hydrogens is 314 g/mol. The van der Waals surface area contributed by atoms with Gasteiger partial charge in [0.2, 0.25) is 0 Å². The number of halogens is 1. The van der Waals surface area contributed by atoms with Crippen LogP contribution in [-0.4, -0.2) is 13.2 Å². The molecule has 1 fully saturated rings. The van der Waals surface area contributed by atoms with E-state index in [-0.39, 0.29) is 0 Å². The molecule has 0 radical (unpaired) electrons. The molecule has 1 N–H and O–H groups in total. The molecular formula is C17H26BrNO. The summed E-state index contributed by atoms with van der Waals surface area (Å²) in [4.78, 5) is 0. The molecule has 1 aromatic rings. The second kappa shape index (κ2) is 8.04. The zero-order chi connectivity index (χ0) is 14.4. The molecule has 112 valence electrons. The molecule has 1 aliphatic carbocycles. The number of hydrogen-bond donors (Lipinski definition) is 1. The fourth-order valence-electron chi connectivity index (χ4n) is 3.14. The van der Waals surface area contributed by atoms with Crippen molar-refractivity contribution in [3.8, 4) is 5.75 Å². The minimum absolute atomic E-state index is 0.475. The topological polar surface area (TPSA) is 21.3 Å². The van der Waals surface area contributed by atoms with Gasteiger partial charge in [0.1, 0.15) is 5.75 Å². The van der Waals surface area contributed by atoms with Gasteiger partial charge in [-0.15, -0.1) is 0 Å². The van der Waals surface area contributed by atoms with Crippen LogP contribution in [-0.2, 0) is 0 Å².